The van der Waals surface area contributed by atoms with Gasteiger partial charge < -0.3 is 10.6 Å². The van der Waals surface area contributed by atoms with Gasteiger partial charge in [-0.3, -0.25) is 4.79 Å². The Bertz CT molecular complexity index is 447. The van der Waals surface area contributed by atoms with Crippen molar-refractivity contribution in [3.8, 4) is 0 Å². The van der Waals surface area contributed by atoms with E-state index in [2.05, 4.69) is 26.6 Å². The molecule has 0 saturated carbocycles. The lowest BCUT2D eigenvalue weighted by Crippen LogP contribution is -2.41. The van der Waals surface area contributed by atoms with Gasteiger partial charge in [0, 0.05) is 13.1 Å². The van der Waals surface area contributed by atoms with Gasteiger partial charge in [0.15, 0.2) is 0 Å². The molecule has 1 fully saturated rings. The molecule has 1 atom stereocenters. The molecule has 1 aromatic rings. The van der Waals surface area contributed by atoms with Crippen LogP contribution in [0.25, 0.3) is 0 Å². The van der Waals surface area contributed by atoms with Crippen molar-refractivity contribution >= 4 is 21.8 Å². The van der Waals surface area contributed by atoms with Gasteiger partial charge in [-0.1, -0.05) is 6.07 Å². The van der Waals surface area contributed by atoms with Crippen molar-refractivity contribution in [2.75, 3.05) is 19.6 Å². The molecule has 104 valence electrons. The second kappa shape index (κ2) is 7.01. The average Bonchev–Trinajstić information content (AvgIpc) is 2.43. The van der Waals surface area contributed by atoms with Crippen LogP contribution >= 0.6 is 15.9 Å². The SMILES string of the molecule is O=C(NCCc1ccc(F)c(Br)c1)C1CCCNC1. The predicted octanol–water partition coefficient (Wildman–Crippen LogP) is 2.25. The Kier molecular flexibility index (Phi) is 5.34. The Morgan fingerprint density at radius 2 is 2.37 bits per heavy atom. The molecule has 0 aliphatic carbocycles. The number of carbonyl (C=O) groups excluding carboxylic acids is 1. The molecule has 19 heavy (non-hydrogen) atoms. The standard InChI is InChI=1S/C14H18BrFN2O/c15-12-8-10(3-4-13(12)16)5-7-18-14(19)11-2-1-6-17-9-11/h3-4,8,11,17H,1-2,5-7,9H2,(H,18,19). The highest BCUT2D eigenvalue weighted by Crippen LogP contribution is 2.17. The van der Waals surface area contributed by atoms with E-state index in [1.165, 1.54) is 6.07 Å². The molecule has 1 aromatic carbocycles. The molecular formula is C14H18BrFN2O. The van der Waals surface area contributed by atoms with Gasteiger partial charge in [0.25, 0.3) is 0 Å². The molecule has 3 nitrogen and oxygen atoms in total. The van der Waals surface area contributed by atoms with Gasteiger partial charge in [-0.2, -0.15) is 0 Å². The zero-order valence-electron chi connectivity index (χ0n) is 10.7. The molecule has 0 bridgehead atoms. The largest absolute Gasteiger partial charge is 0.355 e. The van der Waals surface area contributed by atoms with Crippen LogP contribution in [0.5, 0.6) is 0 Å². The second-order valence-electron chi connectivity index (χ2n) is 4.83. The lowest BCUT2D eigenvalue weighted by atomic mass is 9.99. The predicted molar refractivity (Wildman–Crippen MR) is 76.4 cm³/mol. The summed E-state index contributed by atoms with van der Waals surface area (Å²) in [5.41, 5.74) is 1.01. The lowest BCUT2D eigenvalue weighted by Gasteiger charge is -2.21. The Balaban J connectivity index is 1.76. The van der Waals surface area contributed by atoms with Crippen LogP contribution in [0.1, 0.15) is 18.4 Å². The topological polar surface area (TPSA) is 41.1 Å². The van der Waals surface area contributed by atoms with Crippen LogP contribution in [-0.4, -0.2) is 25.5 Å². The number of rotatable bonds is 4. The third-order valence-electron chi connectivity index (χ3n) is 3.36. The summed E-state index contributed by atoms with van der Waals surface area (Å²) in [4.78, 5) is 11.9. The maximum absolute atomic E-state index is 13.1. The monoisotopic (exact) mass is 328 g/mol. The lowest BCUT2D eigenvalue weighted by molar-refractivity contribution is -0.125. The number of piperidine rings is 1. The highest BCUT2D eigenvalue weighted by Gasteiger charge is 2.20. The number of amides is 1. The summed E-state index contributed by atoms with van der Waals surface area (Å²) in [5, 5.41) is 6.18. The quantitative estimate of drug-likeness (QED) is 0.890. The molecule has 2 rings (SSSR count). The van der Waals surface area contributed by atoms with E-state index in [9.17, 15) is 9.18 Å². The van der Waals surface area contributed by atoms with Crippen LogP contribution in [0.3, 0.4) is 0 Å². The van der Waals surface area contributed by atoms with Gasteiger partial charge in [0.2, 0.25) is 5.91 Å². The van der Waals surface area contributed by atoms with E-state index in [-0.39, 0.29) is 17.6 Å². The Morgan fingerprint density at radius 3 is 3.05 bits per heavy atom. The first-order valence-corrected chi connectivity index (χ1v) is 7.38. The molecule has 2 N–H and O–H groups in total. The minimum absolute atomic E-state index is 0.0914. The zero-order chi connectivity index (χ0) is 13.7. The van der Waals surface area contributed by atoms with Gasteiger partial charge in [-0.15, -0.1) is 0 Å². The normalized spacial score (nSPS) is 19.2. The van der Waals surface area contributed by atoms with E-state index in [1.54, 1.807) is 12.1 Å². The molecule has 0 radical (unpaired) electrons. The highest BCUT2D eigenvalue weighted by atomic mass is 79.9. The first kappa shape index (κ1) is 14.5. The number of nitrogens with one attached hydrogen (secondary N) is 2. The summed E-state index contributed by atoms with van der Waals surface area (Å²) < 4.78 is 13.5. The smallest absolute Gasteiger partial charge is 0.224 e. The Morgan fingerprint density at radius 1 is 1.53 bits per heavy atom. The van der Waals surface area contributed by atoms with Gasteiger partial charge >= 0.3 is 0 Å². The van der Waals surface area contributed by atoms with Gasteiger partial charge in [-0.25, -0.2) is 4.39 Å². The summed E-state index contributed by atoms with van der Waals surface area (Å²) in [6.45, 7) is 2.37. The van der Waals surface area contributed by atoms with Crippen molar-refractivity contribution in [1.82, 2.24) is 10.6 Å². The molecule has 1 unspecified atom stereocenters. The highest BCUT2D eigenvalue weighted by molar-refractivity contribution is 9.10. The molecule has 1 heterocycles. The maximum atomic E-state index is 13.1. The number of carbonyl (C=O) groups is 1. The van der Waals surface area contributed by atoms with Crippen LogP contribution < -0.4 is 10.6 Å². The minimum Gasteiger partial charge on any atom is -0.355 e. The fourth-order valence-corrected chi connectivity index (χ4v) is 2.67. The molecule has 0 aromatic heterocycles. The number of benzene rings is 1. The fourth-order valence-electron chi connectivity index (χ4n) is 2.25. The van der Waals surface area contributed by atoms with Crippen molar-refractivity contribution in [3.05, 3.63) is 34.1 Å². The zero-order valence-corrected chi connectivity index (χ0v) is 12.3. The fraction of sp³-hybridized carbons (Fsp3) is 0.500. The molecule has 1 saturated heterocycles. The van der Waals surface area contributed by atoms with Gasteiger partial charge in [-0.05, 0) is 59.4 Å². The van der Waals surface area contributed by atoms with Gasteiger partial charge in [0.1, 0.15) is 5.82 Å². The number of hydrogen-bond acceptors (Lipinski definition) is 2. The van der Waals surface area contributed by atoms with Crippen molar-refractivity contribution in [3.63, 3.8) is 0 Å². The van der Waals surface area contributed by atoms with E-state index in [4.69, 9.17) is 0 Å². The van der Waals surface area contributed by atoms with Crippen LogP contribution in [0.15, 0.2) is 22.7 Å². The summed E-state index contributed by atoms with van der Waals surface area (Å²) in [7, 11) is 0. The summed E-state index contributed by atoms with van der Waals surface area (Å²) >= 11 is 3.16. The Hall–Kier alpha value is -0.940. The third kappa shape index (κ3) is 4.28. The van der Waals surface area contributed by atoms with E-state index >= 15 is 0 Å². The third-order valence-corrected chi connectivity index (χ3v) is 3.97. The molecule has 5 heteroatoms. The summed E-state index contributed by atoms with van der Waals surface area (Å²) in [6, 6.07) is 4.93. The minimum atomic E-state index is -0.263. The summed E-state index contributed by atoms with van der Waals surface area (Å²) in [5.74, 6) is -0.0526. The average molecular weight is 329 g/mol. The van der Waals surface area contributed by atoms with E-state index in [0.717, 1.165) is 31.5 Å². The molecule has 0 spiro atoms. The first-order valence-electron chi connectivity index (χ1n) is 6.59. The van der Waals surface area contributed by atoms with Crippen molar-refractivity contribution in [2.24, 2.45) is 5.92 Å². The van der Waals surface area contributed by atoms with E-state index in [1.807, 2.05) is 0 Å². The van der Waals surface area contributed by atoms with Crippen LogP contribution in [0.2, 0.25) is 0 Å². The van der Waals surface area contributed by atoms with Crippen LogP contribution in [0.4, 0.5) is 4.39 Å². The van der Waals surface area contributed by atoms with Crippen LogP contribution in [0, 0.1) is 11.7 Å². The molecule has 1 aliphatic heterocycles. The molecule has 1 amide bonds. The number of halogens is 2. The van der Waals surface area contributed by atoms with E-state index < -0.39 is 0 Å². The molecule has 1 aliphatic rings. The summed E-state index contributed by atoms with van der Waals surface area (Å²) in [6.07, 6.45) is 2.73. The second-order valence-corrected chi connectivity index (χ2v) is 5.69. The molecular weight excluding hydrogens is 311 g/mol. The van der Waals surface area contributed by atoms with Crippen molar-refractivity contribution in [2.45, 2.75) is 19.3 Å². The van der Waals surface area contributed by atoms with Crippen LogP contribution in [-0.2, 0) is 11.2 Å². The van der Waals surface area contributed by atoms with Crippen molar-refractivity contribution in [1.29, 1.82) is 0 Å². The maximum Gasteiger partial charge on any atom is 0.224 e. The Labute approximate surface area is 121 Å². The van der Waals surface area contributed by atoms with E-state index in [0.29, 0.717) is 17.4 Å². The first-order chi connectivity index (χ1) is 9.16. The van der Waals surface area contributed by atoms with Gasteiger partial charge in [0.05, 0.1) is 10.4 Å². The van der Waals surface area contributed by atoms with Crippen molar-refractivity contribution < 1.29 is 9.18 Å². The number of hydrogen-bond donors (Lipinski definition) is 2.